The van der Waals surface area contributed by atoms with E-state index in [2.05, 4.69) is 31.9 Å². The number of benzene rings is 2. The Labute approximate surface area is 143 Å². The van der Waals surface area contributed by atoms with Crippen LogP contribution in [0.25, 0.3) is 22.3 Å². The minimum Gasteiger partial charge on any atom is -0.502 e. The molecule has 3 aromatic rings. The third-order valence-corrected chi connectivity index (χ3v) is 4.60. The summed E-state index contributed by atoms with van der Waals surface area (Å²) >= 11 is 6.71. The first-order valence-electron chi connectivity index (χ1n) is 6.61. The molecule has 0 fully saturated rings. The van der Waals surface area contributed by atoms with Crippen molar-refractivity contribution in [2.75, 3.05) is 0 Å². The molecular weight excluding hydrogens is 412 g/mol. The van der Waals surface area contributed by atoms with Crippen LogP contribution in [-0.2, 0) is 0 Å². The highest BCUT2D eigenvalue weighted by Crippen LogP contribution is 2.35. The molecule has 2 aromatic carbocycles. The monoisotopic (exact) mass is 422 g/mol. The lowest BCUT2D eigenvalue weighted by molar-refractivity contribution is 0.449. The smallest absolute Gasteiger partial charge is 0.236 e. The van der Waals surface area contributed by atoms with Crippen molar-refractivity contribution in [3.63, 3.8) is 0 Å². The molecule has 5 heteroatoms. The largest absolute Gasteiger partial charge is 0.502 e. The van der Waals surface area contributed by atoms with Gasteiger partial charge in [0, 0.05) is 14.5 Å². The first-order valence-corrected chi connectivity index (χ1v) is 8.19. The van der Waals surface area contributed by atoms with Gasteiger partial charge in [-0.3, -0.25) is 4.79 Å². The molecule has 0 aliphatic heterocycles. The standard InChI is InChI=1S/C17H12Br2O3/c1-8-3-4-11(9(2)5-8)17-16(21)15(20)14-12(19)6-10(18)7-13(14)22-17/h3-7,21H,1-2H3. The van der Waals surface area contributed by atoms with E-state index in [9.17, 15) is 9.90 Å². The summed E-state index contributed by atoms with van der Waals surface area (Å²) in [5.41, 5.74) is 2.72. The molecule has 0 spiro atoms. The summed E-state index contributed by atoms with van der Waals surface area (Å²) in [6.45, 7) is 3.91. The average molecular weight is 424 g/mol. The van der Waals surface area contributed by atoms with Crippen molar-refractivity contribution in [3.8, 4) is 17.1 Å². The first-order chi connectivity index (χ1) is 10.4. The van der Waals surface area contributed by atoms with Gasteiger partial charge in [0.25, 0.3) is 0 Å². The lowest BCUT2D eigenvalue weighted by Crippen LogP contribution is -2.04. The minimum absolute atomic E-state index is 0.194. The molecule has 112 valence electrons. The van der Waals surface area contributed by atoms with Crippen LogP contribution in [0.15, 0.2) is 48.5 Å². The number of aryl methyl sites for hydroxylation is 2. The molecule has 0 bridgehead atoms. The van der Waals surface area contributed by atoms with E-state index in [0.717, 1.165) is 15.6 Å². The van der Waals surface area contributed by atoms with Crippen molar-refractivity contribution in [1.29, 1.82) is 0 Å². The molecule has 0 amide bonds. The minimum atomic E-state index is -0.449. The Morgan fingerprint density at radius 2 is 1.82 bits per heavy atom. The van der Waals surface area contributed by atoms with Crippen molar-refractivity contribution in [1.82, 2.24) is 0 Å². The van der Waals surface area contributed by atoms with E-state index in [1.165, 1.54) is 0 Å². The van der Waals surface area contributed by atoms with Gasteiger partial charge < -0.3 is 9.52 Å². The van der Waals surface area contributed by atoms with E-state index in [1.807, 2.05) is 32.0 Å². The molecule has 0 saturated carbocycles. The van der Waals surface area contributed by atoms with Crippen molar-refractivity contribution in [3.05, 3.63) is 60.6 Å². The number of hydrogen-bond donors (Lipinski definition) is 1. The van der Waals surface area contributed by atoms with Crippen LogP contribution in [0.1, 0.15) is 11.1 Å². The Balaban J connectivity index is 2.41. The maximum absolute atomic E-state index is 12.5. The van der Waals surface area contributed by atoms with Gasteiger partial charge in [-0.2, -0.15) is 0 Å². The molecule has 0 atom stereocenters. The molecule has 22 heavy (non-hydrogen) atoms. The number of halogens is 2. The average Bonchev–Trinajstić information content (AvgIpc) is 2.42. The lowest BCUT2D eigenvalue weighted by Gasteiger charge is -2.10. The van der Waals surface area contributed by atoms with Gasteiger partial charge in [-0.25, -0.2) is 0 Å². The van der Waals surface area contributed by atoms with E-state index in [4.69, 9.17) is 4.42 Å². The number of aromatic hydroxyl groups is 1. The molecule has 0 aliphatic carbocycles. The number of fused-ring (bicyclic) bond motifs is 1. The van der Waals surface area contributed by atoms with Gasteiger partial charge in [-0.1, -0.05) is 39.7 Å². The summed E-state index contributed by atoms with van der Waals surface area (Å²) in [7, 11) is 0. The van der Waals surface area contributed by atoms with Gasteiger partial charge in [-0.15, -0.1) is 0 Å². The normalized spacial score (nSPS) is 11.1. The summed E-state index contributed by atoms with van der Waals surface area (Å²) in [6.07, 6.45) is 0. The molecule has 3 nitrogen and oxygen atoms in total. The van der Waals surface area contributed by atoms with E-state index in [0.29, 0.717) is 21.0 Å². The molecule has 1 aromatic heterocycles. The first kappa shape index (κ1) is 15.3. The van der Waals surface area contributed by atoms with Crippen LogP contribution in [0.2, 0.25) is 0 Å². The lowest BCUT2D eigenvalue weighted by atomic mass is 10.0. The Morgan fingerprint density at radius 1 is 1.09 bits per heavy atom. The summed E-state index contributed by atoms with van der Waals surface area (Å²) in [5, 5.41) is 10.6. The molecule has 3 rings (SSSR count). The number of hydrogen-bond acceptors (Lipinski definition) is 3. The highest BCUT2D eigenvalue weighted by molar-refractivity contribution is 9.11. The molecule has 0 saturated heterocycles. The predicted octanol–water partition coefficient (Wildman–Crippen LogP) is 5.31. The predicted molar refractivity (Wildman–Crippen MR) is 94.5 cm³/mol. The van der Waals surface area contributed by atoms with Crippen LogP contribution in [0.3, 0.4) is 0 Å². The zero-order valence-electron chi connectivity index (χ0n) is 11.9. The fourth-order valence-corrected chi connectivity index (χ4v) is 3.85. The second-order valence-electron chi connectivity index (χ2n) is 5.19. The SMILES string of the molecule is Cc1ccc(-c2oc3cc(Br)cc(Br)c3c(=O)c2O)c(C)c1. The second kappa shape index (κ2) is 5.56. The van der Waals surface area contributed by atoms with Crippen LogP contribution in [0.5, 0.6) is 5.75 Å². The van der Waals surface area contributed by atoms with Crippen molar-refractivity contribution in [2.24, 2.45) is 0 Å². The van der Waals surface area contributed by atoms with Crippen LogP contribution in [0, 0.1) is 13.8 Å². The highest BCUT2D eigenvalue weighted by atomic mass is 79.9. The van der Waals surface area contributed by atoms with E-state index < -0.39 is 5.43 Å². The maximum Gasteiger partial charge on any atom is 0.236 e. The molecule has 1 heterocycles. The number of rotatable bonds is 1. The summed E-state index contributed by atoms with van der Waals surface area (Å²) < 4.78 is 7.19. The van der Waals surface area contributed by atoms with E-state index in [1.54, 1.807) is 12.1 Å². The summed E-state index contributed by atoms with van der Waals surface area (Å²) in [4.78, 5) is 12.5. The van der Waals surface area contributed by atoms with Crippen LogP contribution < -0.4 is 5.43 Å². The van der Waals surface area contributed by atoms with Gasteiger partial charge in [0.05, 0.1) is 5.39 Å². The van der Waals surface area contributed by atoms with Crippen molar-refractivity contribution in [2.45, 2.75) is 13.8 Å². The third-order valence-electron chi connectivity index (χ3n) is 3.51. The van der Waals surface area contributed by atoms with Crippen molar-refractivity contribution >= 4 is 42.8 Å². The zero-order chi connectivity index (χ0) is 16.0. The summed E-state index contributed by atoms with van der Waals surface area (Å²) in [5.74, 6) is -0.178. The van der Waals surface area contributed by atoms with Gasteiger partial charge in [0.2, 0.25) is 11.2 Å². The molecule has 0 radical (unpaired) electrons. The van der Waals surface area contributed by atoms with E-state index >= 15 is 0 Å². The second-order valence-corrected chi connectivity index (χ2v) is 6.96. The molecular formula is C17H12Br2O3. The molecule has 0 aliphatic rings. The topological polar surface area (TPSA) is 50.4 Å². The van der Waals surface area contributed by atoms with Gasteiger partial charge in [0.1, 0.15) is 5.58 Å². The Kier molecular flexibility index (Phi) is 3.87. The summed E-state index contributed by atoms with van der Waals surface area (Å²) in [6, 6.07) is 9.21. The maximum atomic E-state index is 12.5. The fraction of sp³-hybridized carbons (Fsp3) is 0.118. The Hall–Kier alpha value is -1.59. The van der Waals surface area contributed by atoms with Gasteiger partial charge in [-0.05, 0) is 47.5 Å². The third kappa shape index (κ3) is 2.48. The Morgan fingerprint density at radius 3 is 2.50 bits per heavy atom. The van der Waals surface area contributed by atoms with Gasteiger partial charge >= 0.3 is 0 Å². The quantitative estimate of drug-likeness (QED) is 0.577. The molecule has 1 N–H and O–H groups in total. The highest BCUT2D eigenvalue weighted by Gasteiger charge is 2.18. The van der Waals surface area contributed by atoms with E-state index in [-0.39, 0.29) is 11.5 Å². The van der Waals surface area contributed by atoms with Crippen LogP contribution >= 0.6 is 31.9 Å². The molecule has 0 unspecified atom stereocenters. The van der Waals surface area contributed by atoms with Crippen LogP contribution in [0.4, 0.5) is 0 Å². The van der Waals surface area contributed by atoms with Gasteiger partial charge in [0.15, 0.2) is 5.76 Å². The zero-order valence-corrected chi connectivity index (χ0v) is 15.1. The van der Waals surface area contributed by atoms with Crippen LogP contribution in [-0.4, -0.2) is 5.11 Å². The fourth-order valence-electron chi connectivity index (χ4n) is 2.48. The Bertz CT molecular complexity index is 958. The van der Waals surface area contributed by atoms with Crippen molar-refractivity contribution < 1.29 is 9.52 Å².